The minimum atomic E-state index is -0.485. The molecule has 1 aliphatic rings. The Morgan fingerprint density at radius 1 is 1.12 bits per heavy atom. The number of carbonyl (C=O) groups excluding carboxylic acids is 1. The molecule has 0 unspecified atom stereocenters. The highest BCUT2D eigenvalue weighted by Crippen LogP contribution is 2.37. The highest BCUT2D eigenvalue weighted by atomic mass is 32.1. The first-order chi connectivity index (χ1) is 15.5. The van der Waals surface area contributed by atoms with Crippen LogP contribution in [0.1, 0.15) is 37.0 Å². The fourth-order valence-electron chi connectivity index (χ4n) is 3.31. The second-order valence-electron chi connectivity index (χ2n) is 7.15. The van der Waals surface area contributed by atoms with E-state index in [1.807, 2.05) is 13.8 Å². The molecule has 0 bridgehead atoms. The molecule has 1 aliphatic heterocycles. The number of nitrogens with one attached hydrogen (secondary N) is 3. The zero-order valence-corrected chi connectivity index (χ0v) is 19.0. The minimum Gasteiger partial charge on any atom is -0.492 e. The fourth-order valence-corrected chi connectivity index (χ4v) is 3.50. The van der Waals surface area contributed by atoms with Crippen molar-refractivity contribution < 1.29 is 23.4 Å². The van der Waals surface area contributed by atoms with Gasteiger partial charge in [-0.15, -0.1) is 0 Å². The van der Waals surface area contributed by atoms with Gasteiger partial charge in [0.05, 0.1) is 30.7 Å². The van der Waals surface area contributed by atoms with E-state index >= 15 is 0 Å². The van der Waals surface area contributed by atoms with Crippen molar-refractivity contribution in [2.45, 2.75) is 32.8 Å². The number of hydrogen-bond acceptors (Lipinski definition) is 5. The van der Waals surface area contributed by atoms with Crippen molar-refractivity contribution >= 4 is 34.6 Å². The average Bonchev–Trinajstić information content (AvgIpc) is 3.29. The predicted molar refractivity (Wildman–Crippen MR) is 126 cm³/mol. The molecule has 0 spiro atoms. The van der Waals surface area contributed by atoms with Crippen molar-refractivity contribution in [3.8, 4) is 11.5 Å². The molecule has 1 fully saturated rings. The van der Waals surface area contributed by atoms with Crippen LogP contribution in [0.25, 0.3) is 0 Å². The lowest BCUT2D eigenvalue weighted by Gasteiger charge is -2.19. The topological polar surface area (TPSA) is 80.8 Å². The Kier molecular flexibility index (Phi) is 8.64. The maximum absolute atomic E-state index is 13.5. The monoisotopic (exact) mass is 461 g/mol. The molecule has 2 aromatic rings. The average molecular weight is 462 g/mol. The van der Waals surface area contributed by atoms with Crippen molar-refractivity contribution in [1.29, 1.82) is 0 Å². The van der Waals surface area contributed by atoms with Gasteiger partial charge in [-0.1, -0.05) is 6.07 Å². The Bertz CT molecular complexity index is 951. The summed E-state index contributed by atoms with van der Waals surface area (Å²) in [7, 11) is 0. The molecule has 172 valence electrons. The summed E-state index contributed by atoms with van der Waals surface area (Å²) >= 11 is 5.42. The minimum absolute atomic E-state index is 0.153. The Labute approximate surface area is 192 Å². The number of carbonyl (C=O) groups is 1. The second kappa shape index (κ2) is 11.6. The molecular formula is C23H28FN3O4S. The van der Waals surface area contributed by atoms with Crippen LogP contribution in [0.3, 0.4) is 0 Å². The van der Waals surface area contributed by atoms with E-state index in [-0.39, 0.29) is 11.7 Å². The molecule has 9 heteroatoms. The van der Waals surface area contributed by atoms with Crippen molar-refractivity contribution in [2.24, 2.45) is 0 Å². The Balaban J connectivity index is 1.79. The first kappa shape index (κ1) is 23.7. The van der Waals surface area contributed by atoms with Crippen LogP contribution in [0, 0.1) is 5.82 Å². The van der Waals surface area contributed by atoms with E-state index in [1.165, 1.54) is 24.3 Å². The highest BCUT2D eigenvalue weighted by Gasteiger charge is 2.18. The van der Waals surface area contributed by atoms with Crippen LogP contribution < -0.4 is 25.4 Å². The maximum atomic E-state index is 13.5. The van der Waals surface area contributed by atoms with Crippen molar-refractivity contribution in [3.05, 3.63) is 47.8 Å². The normalized spacial score (nSPS) is 15.2. The molecule has 7 nitrogen and oxygen atoms in total. The molecule has 0 radical (unpaired) electrons. The number of benzene rings is 2. The fraction of sp³-hybridized carbons (Fsp3) is 0.391. The summed E-state index contributed by atoms with van der Waals surface area (Å²) in [5, 5.41) is 9.50. The van der Waals surface area contributed by atoms with Gasteiger partial charge in [-0.2, -0.15) is 0 Å². The number of thiocarbonyl (C=S) groups is 1. The van der Waals surface area contributed by atoms with E-state index in [0.29, 0.717) is 47.7 Å². The molecule has 0 aromatic heterocycles. The van der Waals surface area contributed by atoms with Crippen molar-refractivity contribution in [1.82, 2.24) is 5.32 Å². The Morgan fingerprint density at radius 2 is 1.81 bits per heavy atom. The molecule has 0 saturated carbocycles. The van der Waals surface area contributed by atoms with Gasteiger partial charge < -0.3 is 30.2 Å². The summed E-state index contributed by atoms with van der Waals surface area (Å²) < 4.78 is 30.6. The number of amides is 1. The van der Waals surface area contributed by atoms with Crippen LogP contribution in [-0.2, 0) is 4.74 Å². The predicted octanol–water partition coefficient (Wildman–Crippen LogP) is 4.34. The third-order valence-corrected chi connectivity index (χ3v) is 5.03. The van der Waals surface area contributed by atoms with Gasteiger partial charge in [0.2, 0.25) is 0 Å². The molecule has 2 aromatic carbocycles. The molecular weight excluding hydrogens is 433 g/mol. The van der Waals surface area contributed by atoms with E-state index in [1.54, 1.807) is 12.1 Å². The summed E-state index contributed by atoms with van der Waals surface area (Å²) in [6, 6.07) is 8.86. The van der Waals surface area contributed by atoms with Gasteiger partial charge >= 0.3 is 0 Å². The molecule has 1 heterocycles. The van der Waals surface area contributed by atoms with Crippen molar-refractivity contribution in [3.63, 3.8) is 0 Å². The molecule has 32 heavy (non-hydrogen) atoms. The van der Waals surface area contributed by atoms with Gasteiger partial charge in [0.1, 0.15) is 17.3 Å². The Hall–Kier alpha value is -2.91. The molecule has 1 amide bonds. The van der Waals surface area contributed by atoms with Crippen LogP contribution in [0.15, 0.2) is 36.4 Å². The van der Waals surface area contributed by atoms with E-state index < -0.39 is 11.7 Å². The van der Waals surface area contributed by atoms with E-state index in [2.05, 4.69) is 16.0 Å². The molecule has 0 aliphatic carbocycles. The van der Waals surface area contributed by atoms with Crippen LogP contribution in [0.2, 0.25) is 0 Å². The first-order valence-corrected chi connectivity index (χ1v) is 11.1. The number of ether oxygens (including phenoxy) is 3. The number of anilines is 2. The van der Waals surface area contributed by atoms with Gasteiger partial charge in [0.25, 0.3) is 5.91 Å². The molecule has 1 atom stereocenters. The number of hydrogen-bond donors (Lipinski definition) is 3. The lowest BCUT2D eigenvalue weighted by molar-refractivity contribution is 0.102. The quantitative estimate of drug-likeness (QED) is 0.479. The van der Waals surface area contributed by atoms with Gasteiger partial charge in [-0.05, 0) is 57.1 Å². The maximum Gasteiger partial charge on any atom is 0.255 e. The summed E-state index contributed by atoms with van der Waals surface area (Å²) in [4.78, 5) is 12.6. The standard InChI is InChI=1S/C23H28FN3O4S/c1-3-29-20-13-19(27-23(32)25-14-17-9-6-10-31-17)21(30-4-2)12-18(20)26-22(28)15-7-5-8-16(24)11-15/h5,7-8,11-13,17H,3-4,6,9-10,14H2,1-2H3,(H,26,28)(H2,25,27,32)/t17-/m1/s1. The summed E-state index contributed by atoms with van der Waals surface area (Å²) in [6.45, 7) is 5.90. The SMILES string of the molecule is CCOc1cc(NC(=S)NC[C@H]2CCCO2)c(OCC)cc1NC(=O)c1cccc(F)c1. The lowest BCUT2D eigenvalue weighted by atomic mass is 10.2. The van der Waals surface area contributed by atoms with Gasteiger partial charge in [0.15, 0.2) is 5.11 Å². The highest BCUT2D eigenvalue weighted by molar-refractivity contribution is 7.80. The van der Waals surface area contributed by atoms with Crippen LogP contribution >= 0.6 is 12.2 Å². The third-order valence-electron chi connectivity index (χ3n) is 4.78. The zero-order chi connectivity index (χ0) is 22.9. The number of rotatable bonds is 9. The zero-order valence-electron chi connectivity index (χ0n) is 18.2. The second-order valence-corrected chi connectivity index (χ2v) is 7.55. The van der Waals surface area contributed by atoms with Gasteiger partial charge in [0, 0.05) is 30.8 Å². The van der Waals surface area contributed by atoms with Crippen molar-refractivity contribution in [2.75, 3.05) is 37.0 Å². The molecule has 3 N–H and O–H groups in total. The van der Waals surface area contributed by atoms with E-state index in [4.69, 9.17) is 26.4 Å². The number of halogens is 1. The van der Waals surface area contributed by atoms with E-state index in [0.717, 1.165) is 19.4 Å². The van der Waals surface area contributed by atoms with Gasteiger partial charge in [-0.3, -0.25) is 4.79 Å². The molecule has 1 saturated heterocycles. The summed E-state index contributed by atoms with van der Waals surface area (Å²) in [5.41, 5.74) is 1.21. The van der Waals surface area contributed by atoms with Crippen LogP contribution in [0.4, 0.5) is 15.8 Å². The van der Waals surface area contributed by atoms with E-state index in [9.17, 15) is 9.18 Å². The first-order valence-electron chi connectivity index (χ1n) is 10.7. The largest absolute Gasteiger partial charge is 0.492 e. The Morgan fingerprint density at radius 3 is 2.41 bits per heavy atom. The third kappa shape index (κ3) is 6.54. The smallest absolute Gasteiger partial charge is 0.255 e. The van der Waals surface area contributed by atoms with Gasteiger partial charge in [-0.25, -0.2) is 4.39 Å². The van der Waals surface area contributed by atoms with Crippen LogP contribution in [-0.4, -0.2) is 43.5 Å². The lowest BCUT2D eigenvalue weighted by Crippen LogP contribution is -2.34. The summed E-state index contributed by atoms with van der Waals surface area (Å²) in [5.74, 6) is -0.0134. The van der Waals surface area contributed by atoms with Crippen LogP contribution in [0.5, 0.6) is 11.5 Å². The molecule has 3 rings (SSSR count). The summed E-state index contributed by atoms with van der Waals surface area (Å²) in [6.07, 6.45) is 2.22.